The van der Waals surface area contributed by atoms with Gasteiger partial charge in [-0.3, -0.25) is 14.4 Å². The van der Waals surface area contributed by atoms with Gasteiger partial charge >= 0.3 is 0 Å². The largest absolute Gasteiger partial charge is 0.361 e. The van der Waals surface area contributed by atoms with Crippen LogP contribution in [0.3, 0.4) is 0 Å². The lowest BCUT2D eigenvalue weighted by molar-refractivity contribution is -0.396. The van der Waals surface area contributed by atoms with E-state index in [-0.39, 0.29) is 5.78 Å². The molecule has 6 heteroatoms. The molecule has 158 valence electrons. The second-order valence-electron chi connectivity index (χ2n) is 7.94. The van der Waals surface area contributed by atoms with Gasteiger partial charge in [0.05, 0.1) is 0 Å². The van der Waals surface area contributed by atoms with Gasteiger partial charge in [-0.15, -0.1) is 0 Å². The third-order valence-electron chi connectivity index (χ3n) is 6.10. The van der Waals surface area contributed by atoms with E-state index in [2.05, 4.69) is 9.97 Å². The Balaban J connectivity index is 1.50. The van der Waals surface area contributed by atoms with Crippen molar-refractivity contribution in [1.82, 2.24) is 9.88 Å². The smallest absolute Gasteiger partial charge is 0.291 e. The Morgan fingerprint density at radius 2 is 1.69 bits per heavy atom. The SMILES string of the molecule is O=C1C(=O)N(CCc2c[nH]c3ccccc23)C(c2cccc[nH+]2)C1C(=O)c1ccccc1. The van der Waals surface area contributed by atoms with E-state index in [1.807, 2.05) is 54.7 Å². The number of fused-ring (bicyclic) bond motifs is 1. The minimum Gasteiger partial charge on any atom is -0.361 e. The highest BCUT2D eigenvalue weighted by atomic mass is 16.2. The fourth-order valence-corrected chi connectivity index (χ4v) is 4.53. The molecule has 2 N–H and O–H groups in total. The Bertz CT molecular complexity index is 1300. The molecule has 2 unspecified atom stereocenters. The fourth-order valence-electron chi connectivity index (χ4n) is 4.53. The number of carbonyl (C=O) groups excluding carboxylic acids is 3. The van der Waals surface area contributed by atoms with E-state index in [0.717, 1.165) is 16.5 Å². The van der Waals surface area contributed by atoms with Crippen LogP contribution in [0.15, 0.2) is 85.2 Å². The number of para-hydroxylation sites is 1. The van der Waals surface area contributed by atoms with Crippen molar-refractivity contribution in [3.63, 3.8) is 0 Å². The fraction of sp³-hybridized carbons (Fsp3) is 0.154. The monoisotopic (exact) mass is 424 g/mol. The Hall–Kier alpha value is -4.06. The maximum absolute atomic E-state index is 13.3. The van der Waals surface area contributed by atoms with Gasteiger partial charge in [-0.05, 0) is 18.1 Å². The third kappa shape index (κ3) is 3.39. The summed E-state index contributed by atoms with van der Waals surface area (Å²) >= 11 is 0. The van der Waals surface area contributed by atoms with Crippen LogP contribution in [0, 0.1) is 5.92 Å². The zero-order valence-corrected chi connectivity index (χ0v) is 17.3. The highest BCUT2D eigenvalue weighted by molar-refractivity contribution is 6.44. The number of amides is 1. The molecular weight excluding hydrogens is 402 g/mol. The van der Waals surface area contributed by atoms with E-state index in [0.29, 0.717) is 24.2 Å². The summed E-state index contributed by atoms with van der Waals surface area (Å²) in [5, 5.41) is 1.09. The summed E-state index contributed by atoms with van der Waals surface area (Å²) in [5.74, 6) is -2.67. The molecule has 0 saturated carbocycles. The van der Waals surface area contributed by atoms with Crippen LogP contribution in [0.4, 0.5) is 0 Å². The van der Waals surface area contributed by atoms with Gasteiger partial charge in [0.1, 0.15) is 12.0 Å². The zero-order valence-electron chi connectivity index (χ0n) is 17.3. The summed E-state index contributed by atoms with van der Waals surface area (Å²) < 4.78 is 0. The third-order valence-corrected chi connectivity index (χ3v) is 6.10. The Morgan fingerprint density at radius 1 is 0.938 bits per heavy atom. The molecule has 1 aliphatic heterocycles. The molecule has 2 aromatic carbocycles. The van der Waals surface area contributed by atoms with Crippen molar-refractivity contribution in [2.24, 2.45) is 5.92 Å². The Kier molecular flexibility index (Phi) is 5.11. The number of aromatic nitrogens is 2. The topological polar surface area (TPSA) is 84.4 Å². The van der Waals surface area contributed by atoms with Crippen molar-refractivity contribution in [2.45, 2.75) is 12.5 Å². The molecule has 1 saturated heterocycles. The van der Waals surface area contributed by atoms with E-state index in [4.69, 9.17) is 0 Å². The van der Waals surface area contributed by atoms with Crippen LogP contribution in [0.1, 0.15) is 27.7 Å². The molecule has 1 amide bonds. The molecule has 0 radical (unpaired) electrons. The molecule has 1 fully saturated rings. The van der Waals surface area contributed by atoms with E-state index in [9.17, 15) is 14.4 Å². The van der Waals surface area contributed by atoms with Gasteiger partial charge < -0.3 is 9.88 Å². The van der Waals surface area contributed by atoms with E-state index in [1.54, 1.807) is 35.4 Å². The highest BCUT2D eigenvalue weighted by Gasteiger charge is 2.53. The Labute approximate surface area is 184 Å². The predicted molar refractivity (Wildman–Crippen MR) is 119 cm³/mol. The van der Waals surface area contributed by atoms with Crippen LogP contribution in [0.25, 0.3) is 10.9 Å². The first kappa shape index (κ1) is 19.9. The second-order valence-corrected chi connectivity index (χ2v) is 7.94. The zero-order chi connectivity index (χ0) is 22.1. The van der Waals surface area contributed by atoms with Crippen LogP contribution in [0.2, 0.25) is 0 Å². The van der Waals surface area contributed by atoms with Crippen molar-refractivity contribution in [2.75, 3.05) is 6.54 Å². The molecular formula is C26H22N3O3+. The number of pyridine rings is 1. The number of H-pyrrole nitrogens is 2. The molecule has 32 heavy (non-hydrogen) atoms. The van der Waals surface area contributed by atoms with Gasteiger partial charge in [-0.25, -0.2) is 4.98 Å². The van der Waals surface area contributed by atoms with Crippen molar-refractivity contribution in [3.05, 3.63) is 102 Å². The summed E-state index contributed by atoms with van der Waals surface area (Å²) in [7, 11) is 0. The number of hydrogen-bond donors (Lipinski definition) is 1. The van der Waals surface area contributed by atoms with Crippen LogP contribution in [-0.4, -0.2) is 33.9 Å². The van der Waals surface area contributed by atoms with Crippen LogP contribution < -0.4 is 4.98 Å². The number of nitrogens with one attached hydrogen (secondary N) is 2. The summed E-state index contributed by atoms with van der Waals surface area (Å²) in [6, 6.07) is 21.5. The molecule has 6 nitrogen and oxygen atoms in total. The van der Waals surface area contributed by atoms with Gasteiger partial charge in [-0.2, -0.15) is 0 Å². The van der Waals surface area contributed by atoms with Crippen molar-refractivity contribution < 1.29 is 19.4 Å². The molecule has 2 aromatic heterocycles. The maximum atomic E-state index is 13.3. The number of ketones is 2. The molecule has 0 spiro atoms. The molecule has 3 heterocycles. The number of benzene rings is 2. The highest BCUT2D eigenvalue weighted by Crippen LogP contribution is 2.36. The van der Waals surface area contributed by atoms with Gasteiger partial charge in [0.2, 0.25) is 11.5 Å². The number of rotatable bonds is 6. The van der Waals surface area contributed by atoms with Crippen molar-refractivity contribution >= 4 is 28.4 Å². The van der Waals surface area contributed by atoms with Gasteiger partial charge in [0.15, 0.2) is 12.0 Å². The van der Waals surface area contributed by atoms with Gasteiger partial charge in [-0.1, -0.05) is 54.6 Å². The molecule has 1 aliphatic rings. The van der Waals surface area contributed by atoms with Gasteiger partial charge in [0, 0.05) is 41.3 Å². The number of likely N-dealkylation sites (tertiary alicyclic amines) is 1. The lowest BCUT2D eigenvalue weighted by atomic mass is 9.88. The quantitative estimate of drug-likeness (QED) is 0.293. The van der Waals surface area contributed by atoms with Crippen LogP contribution >= 0.6 is 0 Å². The molecule has 2 atom stereocenters. The average Bonchev–Trinajstić information content (AvgIpc) is 3.37. The summed E-state index contributed by atoms with van der Waals surface area (Å²) in [6.45, 7) is 0.332. The summed E-state index contributed by atoms with van der Waals surface area (Å²) in [5.41, 5.74) is 3.18. The van der Waals surface area contributed by atoms with Crippen LogP contribution in [0.5, 0.6) is 0 Å². The minimum atomic E-state index is -1.08. The molecule has 5 rings (SSSR count). The molecule has 4 aromatic rings. The molecule has 0 aliphatic carbocycles. The number of hydrogen-bond acceptors (Lipinski definition) is 3. The van der Waals surface area contributed by atoms with Gasteiger partial charge in [0.25, 0.3) is 5.91 Å². The van der Waals surface area contributed by atoms with E-state index >= 15 is 0 Å². The lowest BCUT2D eigenvalue weighted by Gasteiger charge is -2.23. The predicted octanol–water partition coefficient (Wildman–Crippen LogP) is 3.18. The summed E-state index contributed by atoms with van der Waals surface area (Å²) in [4.78, 5) is 47.4. The first-order valence-corrected chi connectivity index (χ1v) is 10.6. The second kappa shape index (κ2) is 8.23. The number of carbonyl (C=O) groups is 3. The lowest BCUT2D eigenvalue weighted by Crippen LogP contribution is -2.35. The number of aromatic amines is 2. The standard InChI is InChI=1S/C26H21N3O3/c30-24(17-8-2-1-3-9-17)22-23(21-12-6-7-14-27-21)29(26(32)25(22)31)15-13-18-16-28-20-11-5-4-10-19(18)20/h1-12,14,16,22-23,28H,13,15H2/p+1. The van der Waals surface area contributed by atoms with E-state index in [1.165, 1.54) is 0 Å². The minimum absolute atomic E-state index is 0.332. The number of nitrogens with zero attached hydrogens (tertiary/aromatic N) is 1. The first-order valence-electron chi connectivity index (χ1n) is 10.6. The first-order chi connectivity index (χ1) is 15.6. The molecule has 0 bridgehead atoms. The van der Waals surface area contributed by atoms with E-state index < -0.39 is 23.7 Å². The van der Waals surface area contributed by atoms with Crippen molar-refractivity contribution in [3.8, 4) is 0 Å². The summed E-state index contributed by atoms with van der Waals surface area (Å²) in [6.07, 6.45) is 4.24. The maximum Gasteiger partial charge on any atom is 0.291 e. The number of Topliss-reactive ketones (excluding diaryl/α,β-unsaturated/α-hetero) is 2. The Morgan fingerprint density at radius 3 is 2.47 bits per heavy atom. The van der Waals surface area contributed by atoms with Crippen molar-refractivity contribution in [1.29, 1.82) is 0 Å². The normalized spacial score (nSPS) is 18.4. The van der Waals surface area contributed by atoms with Crippen LogP contribution in [-0.2, 0) is 16.0 Å². The average molecular weight is 424 g/mol.